The standard InChI is InChI=1S/C19H16Cl3N3O/c1-12-18(22)19(25-11-24-12)23-9-8-13-2-5-15(6-3-13)26-17-7-4-14(20)10-16(17)21/h2-7,10-11H,8-9H2,1H3,(H,23,24,25). The Morgan fingerprint density at radius 3 is 2.50 bits per heavy atom. The number of anilines is 1. The van der Waals surface area contributed by atoms with E-state index in [0.29, 0.717) is 38.9 Å². The fourth-order valence-electron chi connectivity index (χ4n) is 2.32. The highest BCUT2D eigenvalue weighted by Crippen LogP contribution is 2.31. The summed E-state index contributed by atoms with van der Waals surface area (Å²) in [4.78, 5) is 8.20. The number of nitrogens with zero attached hydrogens (tertiary/aromatic N) is 2. The number of nitrogens with one attached hydrogen (secondary N) is 1. The third-order valence-corrected chi connectivity index (χ3v) is 4.70. The van der Waals surface area contributed by atoms with E-state index in [0.717, 1.165) is 17.7 Å². The fourth-order valence-corrected chi connectivity index (χ4v) is 2.93. The fraction of sp³-hybridized carbons (Fsp3) is 0.158. The molecule has 1 N–H and O–H groups in total. The van der Waals surface area contributed by atoms with Crippen molar-refractivity contribution >= 4 is 40.6 Å². The highest BCUT2D eigenvalue weighted by Gasteiger charge is 2.06. The molecule has 4 nitrogen and oxygen atoms in total. The van der Waals surface area contributed by atoms with Crippen LogP contribution in [0, 0.1) is 6.92 Å². The minimum atomic E-state index is 0.475. The highest BCUT2D eigenvalue weighted by molar-refractivity contribution is 6.35. The van der Waals surface area contributed by atoms with Crippen LogP contribution in [0.2, 0.25) is 15.1 Å². The monoisotopic (exact) mass is 407 g/mol. The quantitative estimate of drug-likeness (QED) is 0.528. The summed E-state index contributed by atoms with van der Waals surface area (Å²) in [5, 5.41) is 4.83. The molecule has 0 saturated carbocycles. The van der Waals surface area contributed by atoms with Gasteiger partial charge in [0.05, 0.1) is 10.7 Å². The molecule has 0 radical (unpaired) electrons. The Kier molecular flexibility index (Phi) is 6.20. The first-order chi connectivity index (χ1) is 12.5. The topological polar surface area (TPSA) is 47.0 Å². The van der Waals surface area contributed by atoms with Crippen LogP contribution in [-0.4, -0.2) is 16.5 Å². The molecule has 3 rings (SSSR count). The van der Waals surface area contributed by atoms with E-state index in [4.69, 9.17) is 39.5 Å². The lowest BCUT2D eigenvalue weighted by molar-refractivity contribution is 0.482. The van der Waals surface area contributed by atoms with Crippen molar-refractivity contribution in [2.75, 3.05) is 11.9 Å². The number of hydrogen-bond donors (Lipinski definition) is 1. The third-order valence-electron chi connectivity index (χ3n) is 3.71. The maximum atomic E-state index is 6.17. The lowest BCUT2D eigenvalue weighted by atomic mass is 10.1. The maximum Gasteiger partial charge on any atom is 0.148 e. The number of rotatable bonds is 6. The van der Waals surface area contributed by atoms with Gasteiger partial charge in [-0.05, 0) is 49.2 Å². The lowest BCUT2D eigenvalue weighted by Crippen LogP contribution is -2.07. The second-order valence-corrected chi connectivity index (χ2v) is 6.84. The molecule has 3 aromatic rings. The van der Waals surface area contributed by atoms with E-state index in [-0.39, 0.29) is 0 Å². The minimum absolute atomic E-state index is 0.475. The van der Waals surface area contributed by atoms with Crippen LogP contribution in [0.1, 0.15) is 11.3 Å². The summed E-state index contributed by atoms with van der Waals surface area (Å²) in [6.45, 7) is 2.56. The van der Waals surface area contributed by atoms with Gasteiger partial charge in [0.25, 0.3) is 0 Å². The van der Waals surface area contributed by atoms with Crippen molar-refractivity contribution in [2.24, 2.45) is 0 Å². The van der Waals surface area contributed by atoms with Gasteiger partial charge >= 0.3 is 0 Å². The summed E-state index contributed by atoms with van der Waals surface area (Å²) in [6, 6.07) is 13.0. The van der Waals surface area contributed by atoms with Gasteiger partial charge in [0.2, 0.25) is 0 Å². The van der Waals surface area contributed by atoms with Crippen LogP contribution in [-0.2, 0) is 6.42 Å². The molecule has 0 bridgehead atoms. The van der Waals surface area contributed by atoms with Crippen LogP contribution < -0.4 is 10.1 Å². The molecule has 0 spiro atoms. The van der Waals surface area contributed by atoms with E-state index < -0.39 is 0 Å². The summed E-state index contributed by atoms with van der Waals surface area (Å²) in [6.07, 6.45) is 2.32. The molecule has 0 saturated heterocycles. The van der Waals surface area contributed by atoms with E-state index in [1.807, 2.05) is 31.2 Å². The molecule has 0 unspecified atom stereocenters. The van der Waals surface area contributed by atoms with E-state index in [1.165, 1.54) is 6.33 Å². The number of hydrogen-bond acceptors (Lipinski definition) is 4. The van der Waals surface area contributed by atoms with Gasteiger partial charge < -0.3 is 10.1 Å². The van der Waals surface area contributed by atoms with Crippen molar-refractivity contribution in [3.8, 4) is 11.5 Å². The van der Waals surface area contributed by atoms with Crippen LogP contribution in [0.25, 0.3) is 0 Å². The van der Waals surface area contributed by atoms with Crippen LogP contribution in [0.3, 0.4) is 0 Å². The maximum absolute atomic E-state index is 6.17. The van der Waals surface area contributed by atoms with Crippen LogP contribution >= 0.6 is 34.8 Å². The van der Waals surface area contributed by atoms with Crippen molar-refractivity contribution in [2.45, 2.75) is 13.3 Å². The molecule has 0 aliphatic carbocycles. The van der Waals surface area contributed by atoms with Crippen molar-refractivity contribution in [3.05, 3.63) is 75.1 Å². The first-order valence-electron chi connectivity index (χ1n) is 7.96. The summed E-state index contributed by atoms with van der Waals surface area (Å²) < 4.78 is 5.78. The smallest absolute Gasteiger partial charge is 0.148 e. The number of benzene rings is 2. The normalized spacial score (nSPS) is 10.6. The zero-order chi connectivity index (χ0) is 18.5. The van der Waals surface area contributed by atoms with Crippen LogP contribution in [0.4, 0.5) is 5.82 Å². The Labute approximate surface area is 167 Å². The average molecular weight is 409 g/mol. The molecule has 0 aliphatic rings. The largest absolute Gasteiger partial charge is 0.456 e. The van der Waals surface area contributed by atoms with E-state index in [2.05, 4.69) is 15.3 Å². The second kappa shape index (κ2) is 8.58. The molecule has 0 aliphatic heterocycles. The third kappa shape index (κ3) is 4.79. The van der Waals surface area contributed by atoms with Crippen molar-refractivity contribution < 1.29 is 4.74 Å². The van der Waals surface area contributed by atoms with Gasteiger partial charge in [-0.15, -0.1) is 0 Å². The number of ether oxygens (including phenoxy) is 1. The first kappa shape index (κ1) is 18.8. The van der Waals surface area contributed by atoms with Crippen molar-refractivity contribution in [3.63, 3.8) is 0 Å². The number of aryl methyl sites for hydroxylation is 1. The minimum Gasteiger partial charge on any atom is -0.456 e. The van der Waals surface area contributed by atoms with Crippen LogP contribution in [0.5, 0.6) is 11.5 Å². The summed E-state index contributed by atoms with van der Waals surface area (Å²) >= 11 is 18.2. The Morgan fingerprint density at radius 2 is 1.77 bits per heavy atom. The average Bonchev–Trinajstić information content (AvgIpc) is 2.62. The molecule has 2 aromatic carbocycles. The van der Waals surface area contributed by atoms with Gasteiger partial charge in [-0.1, -0.05) is 46.9 Å². The summed E-state index contributed by atoms with van der Waals surface area (Å²) in [5.74, 6) is 1.93. The molecule has 7 heteroatoms. The highest BCUT2D eigenvalue weighted by atomic mass is 35.5. The first-order valence-corrected chi connectivity index (χ1v) is 9.09. The molecule has 0 atom stereocenters. The second-order valence-electron chi connectivity index (χ2n) is 5.62. The Morgan fingerprint density at radius 1 is 1.00 bits per heavy atom. The molecule has 0 amide bonds. The van der Waals surface area contributed by atoms with Gasteiger partial charge in [-0.25, -0.2) is 9.97 Å². The van der Waals surface area contributed by atoms with Gasteiger partial charge in [-0.2, -0.15) is 0 Å². The van der Waals surface area contributed by atoms with Crippen LogP contribution in [0.15, 0.2) is 48.8 Å². The molecular formula is C19H16Cl3N3O. The summed E-state index contributed by atoms with van der Waals surface area (Å²) in [5.41, 5.74) is 1.92. The molecule has 26 heavy (non-hydrogen) atoms. The van der Waals surface area contributed by atoms with Gasteiger partial charge in [0.15, 0.2) is 0 Å². The van der Waals surface area contributed by atoms with Gasteiger partial charge in [0, 0.05) is 11.6 Å². The number of halogens is 3. The van der Waals surface area contributed by atoms with Crippen molar-refractivity contribution in [1.29, 1.82) is 0 Å². The summed E-state index contributed by atoms with van der Waals surface area (Å²) in [7, 11) is 0. The molecule has 1 aromatic heterocycles. The van der Waals surface area contributed by atoms with Gasteiger partial charge in [0.1, 0.15) is 28.7 Å². The predicted molar refractivity (Wildman–Crippen MR) is 107 cm³/mol. The molecule has 1 heterocycles. The van der Waals surface area contributed by atoms with E-state index >= 15 is 0 Å². The molecule has 134 valence electrons. The van der Waals surface area contributed by atoms with E-state index in [9.17, 15) is 0 Å². The Hall–Kier alpha value is -2.01. The zero-order valence-corrected chi connectivity index (χ0v) is 16.2. The molecular weight excluding hydrogens is 393 g/mol. The number of aromatic nitrogens is 2. The predicted octanol–water partition coefficient (Wildman–Crippen LogP) is 6.19. The Bertz CT molecular complexity index is 901. The van der Waals surface area contributed by atoms with E-state index in [1.54, 1.807) is 18.2 Å². The lowest BCUT2D eigenvalue weighted by Gasteiger charge is -2.10. The van der Waals surface area contributed by atoms with Gasteiger partial charge in [-0.3, -0.25) is 0 Å². The Balaban J connectivity index is 1.57. The van der Waals surface area contributed by atoms with Crippen molar-refractivity contribution in [1.82, 2.24) is 9.97 Å². The molecule has 0 fully saturated rings. The zero-order valence-electron chi connectivity index (χ0n) is 14.0. The SMILES string of the molecule is Cc1ncnc(NCCc2ccc(Oc3ccc(Cl)cc3Cl)cc2)c1Cl.